The molecule has 5 heteroatoms. The maximum absolute atomic E-state index is 13.1. The van der Waals surface area contributed by atoms with Crippen molar-refractivity contribution in [1.29, 1.82) is 0 Å². The molecule has 2 aromatic heterocycles. The summed E-state index contributed by atoms with van der Waals surface area (Å²) in [6.45, 7) is 6.24. The quantitative estimate of drug-likeness (QED) is 0.694. The number of hydrogen-bond donors (Lipinski definition) is 0. The Morgan fingerprint density at radius 2 is 2.00 bits per heavy atom. The number of carbonyl (C=O) groups is 1. The summed E-state index contributed by atoms with van der Waals surface area (Å²) in [6.07, 6.45) is 7.67. The molecular weight excluding hydrogens is 348 g/mol. The lowest BCUT2D eigenvalue weighted by Gasteiger charge is -2.33. The molecule has 1 aliphatic heterocycles. The van der Waals surface area contributed by atoms with E-state index in [-0.39, 0.29) is 11.8 Å². The van der Waals surface area contributed by atoms with Gasteiger partial charge in [0.05, 0.1) is 5.56 Å². The van der Waals surface area contributed by atoms with E-state index in [9.17, 15) is 4.79 Å². The molecular formula is C23H26N4O. The van der Waals surface area contributed by atoms with E-state index in [1.165, 1.54) is 5.56 Å². The van der Waals surface area contributed by atoms with E-state index in [0.29, 0.717) is 12.1 Å². The minimum atomic E-state index is 0.0795. The van der Waals surface area contributed by atoms with Crippen LogP contribution in [0, 0.1) is 13.8 Å². The molecule has 1 aliphatic rings. The van der Waals surface area contributed by atoms with E-state index in [4.69, 9.17) is 0 Å². The predicted octanol–water partition coefficient (Wildman–Crippen LogP) is 3.96. The van der Waals surface area contributed by atoms with Crippen molar-refractivity contribution in [3.8, 4) is 0 Å². The van der Waals surface area contributed by atoms with E-state index in [0.717, 1.165) is 43.0 Å². The van der Waals surface area contributed by atoms with Gasteiger partial charge in [-0.1, -0.05) is 30.3 Å². The van der Waals surface area contributed by atoms with Crippen molar-refractivity contribution < 1.29 is 4.79 Å². The Hall–Kier alpha value is -2.95. The standard InChI is InChI=1S/C23H26N4O/c1-17-13-18(2)25-14-21(17)23(28)27-11-6-9-20(16-27)22-24-10-12-26(22)15-19-7-4-3-5-8-19/h3-5,7-8,10,12-14,20H,6,9,11,15-16H2,1-2H3/t20-/m1/s1. The summed E-state index contributed by atoms with van der Waals surface area (Å²) in [5.41, 5.74) is 3.89. The fourth-order valence-electron chi connectivity index (χ4n) is 4.06. The number of hydrogen-bond acceptors (Lipinski definition) is 3. The molecule has 5 nitrogen and oxygen atoms in total. The van der Waals surface area contributed by atoms with Gasteiger partial charge >= 0.3 is 0 Å². The molecule has 0 N–H and O–H groups in total. The Kier molecular flexibility index (Phi) is 5.24. The SMILES string of the molecule is Cc1cc(C)c(C(=O)N2CCC[C@@H](c3nccn3Cc3ccccc3)C2)cn1. The minimum Gasteiger partial charge on any atom is -0.338 e. The molecule has 0 spiro atoms. The van der Waals surface area contributed by atoms with Crippen LogP contribution in [0.4, 0.5) is 0 Å². The van der Waals surface area contributed by atoms with Crippen LogP contribution in [-0.4, -0.2) is 38.4 Å². The third kappa shape index (κ3) is 3.84. The van der Waals surface area contributed by atoms with Gasteiger partial charge in [0.15, 0.2) is 0 Å². The zero-order chi connectivity index (χ0) is 19.5. The molecule has 3 heterocycles. The van der Waals surface area contributed by atoms with Gasteiger partial charge in [0.2, 0.25) is 0 Å². The van der Waals surface area contributed by atoms with E-state index in [1.807, 2.05) is 43.3 Å². The third-order valence-electron chi connectivity index (χ3n) is 5.50. The number of imidazole rings is 1. The number of aromatic nitrogens is 3. The van der Waals surface area contributed by atoms with Gasteiger partial charge in [0, 0.05) is 49.8 Å². The van der Waals surface area contributed by atoms with Crippen LogP contribution in [0.5, 0.6) is 0 Å². The fourth-order valence-corrected chi connectivity index (χ4v) is 4.06. The van der Waals surface area contributed by atoms with Crippen LogP contribution in [0.3, 0.4) is 0 Å². The van der Waals surface area contributed by atoms with Gasteiger partial charge in [-0.25, -0.2) is 4.98 Å². The van der Waals surface area contributed by atoms with E-state index in [1.54, 1.807) is 6.20 Å². The second-order valence-corrected chi connectivity index (χ2v) is 7.63. The topological polar surface area (TPSA) is 51.0 Å². The number of amides is 1. The lowest BCUT2D eigenvalue weighted by atomic mass is 9.96. The highest BCUT2D eigenvalue weighted by Gasteiger charge is 2.28. The van der Waals surface area contributed by atoms with Gasteiger partial charge in [-0.15, -0.1) is 0 Å². The minimum absolute atomic E-state index is 0.0795. The monoisotopic (exact) mass is 374 g/mol. The molecule has 4 rings (SSSR count). The van der Waals surface area contributed by atoms with Crippen molar-refractivity contribution in [2.45, 2.75) is 39.2 Å². The fraction of sp³-hybridized carbons (Fsp3) is 0.348. The second kappa shape index (κ2) is 7.97. The molecule has 1 amide bonds. The lowest BCUT2D eigenvalue weighted by Crippen LogP contribution is -2.40. The number of aryl methyl sites for hydroxylation is 2. The van der Waals surface area contributed by atoms with Crippen LogP contribution in [0.2, 0.25) is 0 Å². The molecule has 0 unspecified atom stereocenters. The first-order valence-corrected chi connectivity index (χ1v) is 9.89. The van der Waals surface area contributed by atoms with Gasteiger partial charge in [-0.3, -0.25) is 9.78 Å². The van der Waals surface area contributed by atoms with E-state index >= 15 is 0 Å². The third-order valence-corrected chi connectivity index (χ3v) is 5.50. The molecule has 0 radical (unpaired) electrons. The number of piperidine rings is 1. The Balaban J connectivity index is 1.52. The molecule has 1 aromatic carbocycles. The molecule has 1 saturated heterocycles. The zero-order valence-corrected chi connectivity index (χ0v) is 16.5. The predicted molar refractivity (Wildman–Crippen MR) is 109 cm³/mol. The van der Waals surface area contributed by atoms with Crippen LogP contribution < -0.4 is 0 Å². The first kappa shape index (κ1) is 18.4. The van der Waals surface area contributed by atoms with E-state index < -0.39 is 0 Å². The van der Waals surface area contributed by atoms with Crippen LogP contribution in [0.25, 0.3) is 0 Å². The summed E-state index contributed by atoms with van der Waals surface area (Å²) in [5.74, 6) is 1.41. The van der Waals surface area contributed by atoms with Gasteiger partial charge in [0.1, 0.15) is 5.82 Å². The Labute approximate surface area is 166 Å². The number of pyridine rings is 1. The number of rotatable bonds is 4. The number of nitrogens with zero attached hydrogens (tertiary/aromatic N) is 4. The van der Waals surface area contributed by atoms with Gasteiger partial charge < -0.3 is 9.47 Å². The number of carbonyl (C=O) groups excluding carboxylic acids is 1. The maximum Gasteiger partial charge on any atom is 0.255 e. The first-order valence-electron chi connectivity index (χ1n) is 9.89. The van der Waals surface area contributed by atoms with Crippen LogP contribution in [0.15, 0.2) is 55.0 Å². The summed E-state index contributed by atoms with van der Waals surface area (Å²) in [5, 5.41) is 0. The Morgan fingerprint density at radius 3 is 2.79 bits per heavy atom. The number of likely N-dealkylation sites (tertiary alicyclic amines) is 1. The van der Waals surface area contributed by atoms with Crippen molar-refractivity contribution in [2.75, 3.05) is 13.1 Å². The average Bonchev–Trinajstić information content (AvgIpc) is 3.16. The molecule has 0 saturated carbocycles. The van der Waals surface area contributed by atoms with Crippen LogP contribution in [-0.2, 0) is 6.54 Å². The molecule has 144 valence electrons. The molecule has 1 atom stereocenters. The zero-order valence-electron chi connectivity index (χ0n) is 16.5. The van der Waals surface area contributed by atoms with Crippen molar-refractivity contribution in [3.05, 3.63) is 83.2 Å². The highest BCUT2D eigenvalue weighted by atomic mass is 16.2. The summed E-state index contributed by atoms with van der Waals surface area (Å²) >= 11 is 0. The molecule has 0 aliphatic carbocycles. The second-order valence-electron chi connectivity index (χ2n) is 7.63. The van der Waals surface area contributed by atoms with Gasteiger partial charge in [-0.05, 0) is 43.9 Å². The van der Waals surface area contributed by atoms with E-state index in [2.05, 4.69) is 38.8 Å². The Bertz CT molecular complexity index is 964. The molecule has 28 heavy (non-hydrogen) atoms. The van der Waals surface area contributed by atoms with Crippen LogP contribution in [0.1, 0.15) is 51.8 Å². The molecule has 3 aromatic rings. The largest absolute Gasteiger partial charge is 0.338 e. The molecule has 0 bridgehead atoms. The summed E-state index contributed by atoms with van der Waals surface area (Å²) in [6, 6.07) is 12.4. The Morgan fingerprint density at radius 1 is 1.18 bits per heavy atom. The average molecular weight is 374 g/mol. The normalized spacial score (nSPS) is 16.9. The smallest absolute Gasteiger partial charge is 0.255 e. The number of benzene rings is 1. The maximum atomic E-state index is 13.1. The molecule has 1 fully saturated rings. The van der Waals surface area contributed by atoms with Crippen LogP contribution >= 0.6 is 0 Å². The van der Waals surface area contributed by atoms with Gasteiger partial charge in [-0.2, -0.15) is 0 Å². The highest BCUT2D eigenvalue weighted by Crippen LogP contribution is 2.27. The summed E-state index contributed by atoms with van der Waals surface area (Å²) in [7, 11) is 0. The lowest BCUT2D eigenvalue weighted by molar-refractivity contribution is 0.0702. The van der Waals surface area contributed by atoms with Crippen molar-refractivity contribution in [1.82, 2.24) is 19.4 Å². The van der Waals surface area contributed by atoms with Crippen molar-refractivity contribution in [3.63, 3.8) is 0 Å². The summed E-state index contributed by atoms with van der Waals surface area (Å²) < 4.78 is 2.21. The van der Waals surface area contributed by atoms with Crippen molar-refractivity contribution in [2.24, 2.45) is 0 Å². The van der Waals surface area contributed by atoms with Gasteiger partial charge in [0.25, 0.3) is 5.91 Å². The first-order chi connectivity index (χ1) is 13.6. The highest BCUT2D eigenvalue weighted by molar-refractivity contribution is 5.95. The van der Waals surface area contributed by atoms with Crippen molar-refractivity contribution >= 4 is 5.91 Å². The summed E-state index contributed by atoms with van der Waals surface area (Å²) in [4.78, 5) is 24.0.